The van der Waals surface area contributed by atoms with Gasteiger partial charge in [-0.15, -0.1) is 0 Å². The highest BCUT2D eigenvalue weighted by Crippen LogP contribution is 2.28. The van der Waals surface area contributed by atoms with Crippen LogP contribution in [0.25, 0.3) is 0 Å². The summed E-state index contributed by atoms with van der Waals surface area (Å²) < 4.78 is 29.0. The van der Waals surface area contributed by atoms with Crippen LogP contribution in [0.2, 0.25) is 0 Å². The van der Waals surface area contributed by atoms with Gasteiger partial charge in [0.15, 0.2) is 0 Å². The smallest absolute Gasteiger partial charge is 0.272 e. The zero-order chi connectivity index (χ0) is 10.8. The average molecular weight is 214 g/mol. The van der Waals surface area contributed by atoms with Crippen molar-refractivity contribution in [2.24, 2.45) is 0 Å². The van der Waals surface area contributed by atoms with Crippen LogP contribution in [0.1, 0.15) is 11.3 Å². The van der Waals surface area contributed by atoms with Gasteiger partial charge in [-0.25, -0.2) is 8.78 Å². The Morgan fingerprint density at radius 3 is 3.07 bits per heavy atom. The number of aromatic nitrogens is 1. The van der Waals surface area contributed by atoms with Crippen molar-refractivity contribution < 1.29 is 13.5 Å². The Bertz CT molecular complexity index is 357. The number of nitrogens with zero attached hydrogens (tertiary/aromatic N) is 2. The van der Waals surface area contributed by atoms with Gasteiger partial charge in [0.2, 0.25) is 0 Å². The van der Waals surface area contributed by atoms with Gasteiger partial charge in [-0.2, -0.15) is 0 Å². The van der Waals surface area contributed by atoms with E-state index in [2.05, 4.69) is 9.88 Å². The van der Waals surface area contributed by atoms with E-state index in [0.717, 1.165) is 17.8 Å². The Labute approximate surface area is 86.7 Å². The standard InChI is InChI=1S/C10H12F2N2O/c1-14-4-7-8(5-14)13-3-2-9(7)15-6-10(11)12/h2-3,10H,4-6H2,1H3. The van der Waals surface area contributed by atoms with Crippen LogP contribution < -0.4 is 4.74 Å². The van der Waals surface area contributed by atoms with Crippen molar-refractivity contribution in [2.45, 2.75) is 19.5 Å². The lowest BCUT2D eigenvalue weighted by molar-refractivity contribution is 0.0812. The molecular weight excluding hydrogens is 202 g/mol. The third-order valence-corrected chi connectivity index (χ3v) is 2.31. The van der Waals surface area contributed by atoms with Crippen LogP contribution in [0, 0.1) is 0 Å². The highest BCUT2D eigenvalue weighted by Gasteiger charge is 2.21. The number of ether oxygens (including phenoxy) is 1. The fourth-order valence-corrected chi connectivity index (χ4v) is 1.69. The maximum absolute atomic E-state index is 12.0. The molecule has 0 aliphatic carbocycles. The van der Waals surface area contributed by atoms with Crippen LogP contribution >= 0.6 is 0 Å². The molecule has 1 aromatic heterocycles. The van der Waals surface area contributed by atoms with Crippen molar-refractivity contribution in [1.82, 2.24) is 9.88 Å². The predicted molar refractivity (Wildman–Crippen MR) is 50.9 cm³/mol. The molecule has 0 radical (unpaired) electrons. The molecule has 82 valence electrons. The molecule has 0 bridgehead atoms. The summed E-state index contributed by atoms with van der Waals surface area (Å²) in [6.07, 6.45) is -0.841. The monoisotopic (exact) mass is 214 g/mol. The van der Waals surface area contributed by atoms with Gasteiger partial charge < -0.3 is 4.74 Å². The van der Waals surface area contributed by atoms with Gasteiger partial charge in [-0.05, 0) is 13.1 Å². The van der Waals surface area contributed by atoms with Gasteiger partial charge in [0.25, 0.3) is 6.43 Å². The van der Waals surface area contributed by atoms with E-state index in [0.29, 0.717) is 12.3 Å². The van der Waals surface area contributed by atoms with Crippen LogP contribution in [0.5, 0.6) is 5.75 Å². The second-order valence-corrected chi connectivity index (χ2v) is 3.61. The summed E-state index contributed by atoms with van der Waals surface area (Å²) >= 11 is 0. The number of alkyl halides is 2. The molecule has 5 heteroatoms. The minimum absolute atomic E-state index is 0.532. The van der Waals surface area contributed by atoms with Gasteiger partial charge >= 0.3 is 0 Å². The van der Waals surface area contributed by atoms with E-state index in [1.165, 1.54) is 0 Å². The van der Waals surface area contributed by atoms with Gasteiger partial charge in [-0.3, -0.25) is 9.88 Å². The molecule has 0 amide bonds. The van der Waals surface area contributed by atoms with E-state index in [-0.39, 0.29) is 0 Å². The first kappa shape index (κ1) is 10.3. The summed E-state index contributed by atoms with van der Waals surface area (Å²) in [5, 5.41) is 0. The lowest BCUT2D eigenvalue weighted by Crippen LogP contribution is -2.10. The summed E-state index contributed by atoms with van der Waals surface area (Å²) in [4.78, 5) is 6.25. The normalized spacial score (nSPS) is 15.7. The highest BCUT2D eigenvalue weighted by molar-refractivity contribution is 5.38. The molecule has 2 heterocycles. The van der Waals surface area contributed by atoms with E-state index in [1.807, 2.05) is 7.05 Å². The maximum Gasteiger partial charge on any atom is 0.272 e. The number of hydrogen-bond acceptors (Lipinski definition) is 3. The Morgan fingerprint density at radius 2 is 2.33 bits per heavy atom. The van der Waals surface area contributed by atoms with Crippen LogP contribution in [-0.4, -0.2) is 30.0 Å². The highest BCUT2D eigenvalue weighted by atomic mass is 19.3. The predicted octanol–water partition coefficient (Wildman–Crippen LogP) is 1.67. The van der Waals surface area contributed by atoms with Gasteiger partial charge in [0.05, 0.1) is 5.69 Å². The molecule has 0 aromatic carbocycles. The van der Waals surface area contributed by atoms with Crippen molar-refractivity contribution in [3.8, 4) is 5.75 Å². The van der Waals surface area contributed by atoms with Crippen LogP contribution in [0.4, 0.5) is 8.78 Å². The number of fused-ring (bicyclic) bond motifs is 1. The number of pyridine rings is 1. The Hall–Kier alpha value is -1.23. The van der Waals surface area contributed by atoms with E-state index in [9.17, 15) is 8.78 Å². The number of rotatable bonds is 3. The third-order valence-electron chi connectivity index (χ3n) is 2.31. The summed E-state index contributed by atoms with van der Waals surface area (Å²) in [6, 6.07) is 1.64. The summed E-state index contributed by atoms with van der Waals surface area (Å²) in [5.74, 6) is 0.532. The van der Waals surface area contributed by atoms with Gasteiger partial charge in [-0.1, -0.05) is 0 Å². The first-order valence-electron chi connectivity index (χ1n) is 4.73. The Kier molecular flexibility index (Phi) is 2.81. The van der Waals surface area contributed by atoms with Crippen molar-refractivity contribution in [2.75, 3.05) is 13.7 Å². The molecule has 15 heavy (non-hydrogen) atoms. The topological polar surface area (TPSA) is 25.4 Å². The van der Waals surface area contributed by atoms with Crippen molar-refractivity contribution in [3.63, 3.8) is 0 Å². The molecule has 0 N–H and O–H groups in total. The lowest BCUT2D eigenvalue weighted by Gasteiger charge is -2.09. The van der Waals surface area contributed by atoms with E-state index < -0.39 is 13.0 Å². The molecule has 0 saturated heterocycles. The maximum atomic E-state index is 12.0. The molecule has 0 saturated carbocycles. The lowest BCUT2D eigenvalue weighted by atomic mass is 10.2. The van der Waals surface area contributed by atoms with E-state index in [1.54, 1.807) is 12.3 Å². The van der Waals surface area contributed by atoms with E-state index >= 15 is 0 Å². The zero-order valence-electron chi connectivity index (χ0n) is 8.41. The molecule has 1 aromatic rings. The minimum Gasteiger partial charge on any atom is -0.487 e. The first-order chi connectivity index (χ1) is 7.16. The minimum atomic E-state index is -2.44. The second-order valence-electron chi connectivity index (χ2n) is 3.61. The molecule has 0 fully saturated rings. The van der Waals surface area contributed by atoms with Crippen molar-refractivity contribution in [3.05, 3.63) is 23.5 Å². The van der Waals surface area contributed by atoms with Gasteiger partial charge in [0, 0.05) is 24.8 Å². The second kappa shape index (κ2) is 4.10. The van der Waals surface area contributed by atoms with Crippen LogP contribution in [0.3, 0.4) is 0 Å². The van der Waals surface area contributed by atoms with Crippen LogP contribution in [0.15, 0.2) is 12.3 Å². The van der Waals surface area contributed by atoms with E-state index in [4.69, 9.17) is 4.74 Å². The molecule has 1 aliphatic rings. The fourth-order valence-electron chi connectivity index (χ4n) is 1.69. The van der Waals surface area contributed by atoms with Crippen molar-refractivity contribution in [1.29, 1.82) is 0 Å². The number of hydrogen-bond donors (Lipinski definition) is 0. The molecule has 0 unspecified atom stereocenters. The van der Waals surface area contributed by atoms with Crippen molar-refractivity contribution >= 4 is 0 Å². The van der Waals surface area contributed by atoms with Gasteiger partial charge in [0.1, 0.15) is 12.4 Å². The molecule has 0 atom stereocenters. The summed E-state index contributed by atoms with van der Waals surface area (Å²) in [5.41, 5.74) is 1.85. The molecular formula is C10H12F2N2O. The average Bonchev–Trinajstić information content (AvgIpc) is 2.55. The van der Waals surface area contributed by atoms with Crippen LogP contribution in [-0.2, 0) is 13.1 Å². The molecule has 0 spiro atoms. The quantitative estimate of drug-likeness (QED) is 0.765. The molecule has 1 aliphatic heterocycles. The largest absolute Gasteiger partial charge is 0.487 e. The number of halogens is 2. The summed E-state index contributed by atoms with van der Waals surface area (Å²) in [6.45, 7) is 0.906. The summed E-state index contributed by atoms with van der Waals surface area (Å²) in [7, 11) is 1.96. The zero-order valence-corrected chi connectivity index (χ0v) is 8.41. The Morgan fingerprint density at radius 1 is 1.53 bits per heavy atom. The molecule has 3 nitrogen and oxygen atoms in total. The molecule has 2 rings (SSSR count). The first-order valence-corrected chi connectivity index (χ1v) is 4.73. The Balaban J connectivity index is 2.15. The SMILES string of the molecule is CN1Cc2nccc(OCC(F)F)c2C1. The fraction of sp³-hybridized carbons (Fsp3) is 0.500. The third kappa shape index (κ3) is 2.23.